The molecule has 0 atom stereocenters. The third-order valence-corrected chi connectivity index (χ3v) is 3.82. The normalized spacial score (nSPS) is 10.6. The van der Waals surface area contributed by atoms with Gasteiger partial charge in [0.25, 0.3) is 5.91 Å². The fourth-order valence-electron chi connectivity index (χ4n) is 2.53. The number of amides is 2. The Labute approximate surface area is 171 Å². The molecule has 2 aromatic rings. The number of methoxy groups -OCH3 is 1. The molecule has 2 amide bonds. The van der Waals surface area contributed by atoms with Crippen molar-refractivity contribution >= 4 is 23.6 Å². The zero-order valence-corrected chi connectivity index (χ0v) is 16.9. The average molecular weight is 394 g/mol. The first-order valence-electron chi connectivity index (χ1n) is 9.25. The highest BCUT2D eigenvalue weighted by molar-refractivity contribution is 6.07. The Bertz CT molecular complexity index is 904. The number of ether oxygens (including phenoxy) is 2. The number of carbonyl (C=O) groups excluding carboxylic acids is 2. The molecule has 0 saturated heterocycles. The quantitative estimate of drug-likeness (QED) is 0.497. The van der Waals surface area contributed by atoms with Crippen molar-refractivity contribution in [3.63, 3.8) is 0 Å². The number of rotatable bonds is 9. The second kappa shape index (κ2) is 10.7. The predicted octanol–water partition coefficient (Wildman–Crippen LogP) is 4.05. The summed E-state index contributed by atoms with van der Waals surface area (Å²) in [7, 11) is 1.55. The Hall–Kier alpha value is -3.54. The van der Waals surface area contributed by atoms with Gasteiger partial charge in [-0.15, -0.1) is 0 Å². The van der Waals surface area contributed by atoms with Gasteiger partial charge in [0, 0.05) is 12.1 Å². The Morgan fingerprint density at radius 1 is 1.14 bits per heavy atom. The molecule has 152 valence electrons. The monoisotopic (exact) mass is 394 g/mol. The Kier molecular flexibility index (Phi) is 8.03. The lowest BCUT2D eigenvalue weighted by atomic mass is 10.1. The Morgan fingerprint density at radius 2 is 1.90 bits per heavy atom. The molecular weight excluding hydrogens is 368 g/mol. The van der Waals surface area contributed by atoms with Gasteiger partial charge in [-0.05, 0) is 49.8 Å². The number of anilines is 1. The molecule has 0 saturated carbocycles. The fourth-order valence-corrected chi connectivity index (χ4v) is 2.53. The maximum absolute atomic E-state index is 12.3. The van der Waals surface area contributed by atoms with Crippen molar-refractivity contribution in [2.24, 2.45) is 0 Å². The number of carbonyl (C=O) groups is 2. The second-order valence-corrected chi connectivity index (χ2v) is 6.51. The van der Waals surface area contributed by atoms with Gasteiger partial charge in [-0.2, -0.15) is 0 Å². The van der Waals surface area contributed by atoms with E-state index in [1.165, 1.54) is 6.08 Å². The molecule has 6 heteroatoms. The van der Waals surface area contributed by atoms with Crippen LogP contribution in [0, 0.1) is 0 Å². The number of para-hydroxylation sites is 1. The van der Waals surface area contributed by atoms with E-state index >= 15 is 0 Å². The van der Waals surface area contributed by atoms with Gasteiger partial charge in [0.1, 0.15) is 6.61 Å². The van der Waals surface area contributed by atoms with Crippen LogP contribution in [0.2, 0.25) is 0 Å². The van der Waals surface area contributed by atoms with Crippen LogP contribution in [0.25, 0.3) is 6.08 Å². The number of hydrogen-bond acceptors (Lipinski definition) is 4. The van der Waals surface area contributed by atoms with Crippen LogP contribution in [0.4, 0.5) is 5.69 Å². The first-order chi connectivity index (χ1) is 13.9. The van der Waals surface area contributed by atoms with E-state index in [4.69, 9.17) is 9.47 Å². The zero-order chi connectivity index (χ0) is 21.2. The summed E-state index contributed by atoms with van der Waals surface area (Å²) in [6.45, 7) is 7.75. The molecule has 0 heterocycles. The largest absolute Gasteiger partial charge is 0.493 e. The van der Waals surface area contributed by atoms with Gasteiger partial charge in [0.05, 0.1) is 18.4 Å². The van der Waals surface area contributed by atoms with Gasteiger partial charge < -0.3 is 20.1 Å². The van der Waals surface area contributed by atoms with E-state index in [1.54, 1.807) is 55.7 Å². The fraction of sp³-hybridized carbons (Fsp3) is 0.217. The zero-order valence-electron chi connectivity index (χ0n) is 16.9. The highest BCUT2D eigenvalue weighted by Crippen LogP contribution is 2.28. The second-order valence-electron chi connectivity index (χ2n) is 6.51. The molecule has 2 aromatic carbocycles. The smallest absolute Gasteiger partial charge is 0.253 e. The number of nitrogens with one attached hydrogen (secondary N) is 2. The Morgan fingerprint density at radius 3 is 2.59 bits per heavy atom. The summed E-state index contributed by atoms with van der Waals surface area (Å²) in [6.07, 6.45) is 4.71. The summed E-state index contributed by atoms with van der Waals surface area (Å²) in [5, 5.41) is 5.57. The molecule has 0 aliphatic rings. The van der Waals surface area contributed by atoms with Crippen molar-refractivity contribution in [3.8, 4) is 11.5 Å². The van der Waals surface area contributed by atoms with Crippen LogP contribution in [0.3, 0.4) is 0 Å². The van der Waals surface area contributed by atoms with E-state index in [1.807, 2.05) is 19.9 Å². The van der Waals surface area contributed by atoms with Crippen molar-refractivity contribution in [1.29, 1.82) is 0 Å². The van der Waals surface area contributed by atoms with E-state index in [2.05, 4.69) is 17.2 Å². The molecule has 6 nitrogen and oxygen atoms in total. The minimum absolute atomic E-state index is 0.000403. The summed E-state index contributed by atoms with van der Waals surface area (Å²) in [6, 6.07) is 12.2. The van der Waals surface area contributed by atoms with Crippen LogP contribution in [0.5, 0.6) is 11.5 Å². The van der Waals surface area contributed by atoms with Crippen LogP contribution in [-0.2, 0) is 4.79 Å². The molecule has 2 N–H and O–H groups in total. The summed E-state index contributed by atoms with van der Waals surface area (Å²) in [4.78, 5) is 24.7. The van der Waals surface area contributed by atoms with Crippen LogP contribution in [0.1, 0.15) is 29.8 Å². The van der Waals surface area contributed by atoms with Gasteiger partial charge in [-0.3, -0.25) is 9.59 Å². The molecule has 0 radical (unpaired) electrons. The van der Waals surface area contributed by atoms with Crippen LogP contribution in [-0.4, -0.2) is 31.6 Å². The van der Waals surface area contributed by atoms with E-state index in [9.17, 15) is 9.59 Å². The van der Waals surface area contributed by atoms with E-state index < -0.39 is 0 Å². The minimum atomic E-state index is -0.347. The molecule has 0 aliphatic heterocycles. The molecule has 0 bridgehead atoms. The van der Waals surface area contributed by atoms with E-state index in [0.29, 0.717) is 29.4 Å². The van der Waals surface area contributed by atoms with Crippen LogP contribution >= 0.6 is 0 Å². The van der Waals surface area contributed by atoms with Gasteiger partial charge in [0.15, 0.2) is 11.5 Å². The number of hydrogen-bond donors (Lipinski definition) is 2. The summed E-state index contributed by atoms with van der Waals surface area (Å²) >= 11 is 0. The molecule has 29 heavy (non-hydrogen) atoms. The SMILES string of the molecule is C=CCOc1ccc(/C=C/C(=O)Nc2ccccc2C(=O)NC(C)C)cc1OC. The summed E-state index contributed by atoms with van der Waals surface area (Å²) in [5.41, 5.74) is 1.63. The van der Waals surface area contributed by atoms with Crippen molar-refractivity contribution in [1.82, 2.24) is 5.32 Å². The molecule has 0 aliphatic carbocycles. The maximum Gasteiger partial charge on any atom is 0.253 e. The van der Waals surface area contributed by atoms with Crippen molar-refractivity contribution in [3.05, 3.63) is 72.3 Å². The van der Waals surface area contributed by atoms with Crippen molar-refractivity contribution in [2.45, 2.75) is 19.9 Å². The van der Waals surface area contributed by atoms with Crippen molar-refractivity contribution < 1.29 is 19.1 Å². The lowest BCUT2D eigenvalue weighted by Crippen LogP contribution is -2.30. The molecule has 0 fully saturated rings. The van der Waals surface area contributed by atoms with Crippen molar-refractivity contribution in [2.75, 3.05) is 19.0 Å². The molecule has 0 aromatic heterocycles. The minimum Gasteiger partial charge on any atom is -0.493 e. The Balaban J connectivity index is 2.11. The van der Waals surface area contributed by atoms with Gasteiger partial charge in [0.2, 0.25) is 5.91 Å². The standard InChI is InChI=1S/C23H26N2O4/c1-5-14-29-20-12-10-17(15-21(20)28-4)11-13-22(26)25-19-9-7-6-8-18(19)23(27)24-16(2)3/h5-13,15-16H,1,14H2,2-4H3,(H,24,27)(H,25,26)/b13-11+. The molecule has 0 unspecified atom stereocenters. The van der Waals surface area contributed by atoms with Gasteiger partial charge in [-0.1, -0.05) is 30.9 Å². The lowest BCUT2D eigenvalue weighted by molar-refractivity contribution is -0.111. The topological polar surface area (TPSA) is 76.7 Å². The van der Waals surface area contributed by atoms with E-state index in [-0.39, 0.29) is 17.9 Å². The summed E-state index contributed by atoms with van der Waals surface area (Å²) < 4.78 is 10.8. The van der Waals surface area contributed by atoms with Crippen LogP contribution < -0.4 is 20.1 Å². The highest BCUT2D eigenvalue weighted by Gasteiger charge is 2.13. The lowest BCUT2D eigenvalue weighted by Gasteiger charge is -2.12. The first-order valence-corrected chi connectivity index (χ1v) is 9.25. The maximum atomic E-state index is 12.3. The summed E-state index contributed by atoms with van der Waals surface area (Å²) in [5.74, 6) is 0.574. The predicted molar refractivity (Wildman–Crippen MR) is 115 cm³/mol. The van der Waals surface area contributed by atoms with Gasteiger partial charge in [-0.25, -0.2) is 0 Å². The van der Waals surface area contributed by atoms with Crippen LogP contribution in [0.15, 0.2) is 61.2 Å². The average Bonchev–Trinajstić information content (AvgIpc) is 2.70. The first kappa shape index (κ1) is 21.8. The highest BCUT2D eigenvalue weighted by atomic mass is 16.5. The van der Waals surface area contributed by atoms with Gasteiger partial charge >= 0.3 is 0 Å². The number of benzene rings is 2. The molecular formula is C23H26N2O4. The third-order valence-electron chi connectivity index (χ3n) is 3.82. The molecule has 0 spiro atoms. The van der Waals surface area contributed by atoms with E-state index in [0.717, 1.165) is 5.56 Å². The third kappa shape index (κ3) is 6.53. The molecule has 2 rings (SSSR count).